The van der Waals surface area contributed by atoms with Gasteiger partial charge in [-0.2, -0.15) is 0 Å². The summed E-state index contributed by atoms with van der Waals surface area (Å²) in [7, 11) is 0. The van der Waals surface area contributed by atoms with Crippen LogP contribution in [0.1, 0.15) is 17.0 Å². The largest absolute Gasteiger partial charge is 0.394 e. The summed E-state index contributed by atoms with van der Waals surface area (Å²) >= 11 is 0. The maximum absolute atomic E-state index is 13.1. The van der Waals surface area contributed by atoms with Gasteiger partial charge in [0.2, 0.25) is 0 Å². The lowest BCUT2D eigenvalue weighted by Gasteiger charge is -2.29. The molecule has 0 aliphatic rings. The lowest BCUT2D eigenvalue weighted by molar-refractivity contribution is -0.0806. The third-order valence-corrected chi connectivity index (χ3v) is 3.73. The Bertz CT molecular complexity index is 570. The first-order valence-electron chi connectivity index (χ1n) is 7.10. The zero-order valence-electron chi connectivity index (χ0n) is 12.2. The first kappa shape index (κ1) is 17.5. The third kappa shape index (κ3) is 4.11. The number of rotatable bonds is 6. The van der Waals surface area contributed by atoms with Crippen LogP contribution < -0.4 is 0 Å². The lowest BCUT2D eigenvalue weighted by atomic mass is 9.83. The predicted molar refractivity (Wildman–Crippen MR) is 79.7 cm³/mol. The van der Waals surface area contributed by atoms with E-state index < -0.39 is 42.5 Å². The Kier molecular flexibility index (Phi) is 5.79. The van der Waals surface area contributed by atoms with E-state index in [1.165, 1.54) is 48.5 Å². The quantitative estimate of drug-likeness (QED) is 0.643. The summed E-state index contributed by atoms with van der Waals surface area (Å²) in [5, 5.41) is 38.9. The molecule has 3 atom stereocenters. The molecule has 2 aromatic rings. The van der Waals surface area contributed by atoms with Gasteiger partial charge in [-0.3, -0.25) is 0 Å². The van der Waals surface area contributed by atoms with Gasteiger partial charge in [0.25, 0.3) is 0 Å². The Labute approximate surface area is 132 Å². The third-order valence-electron chi connectivity index (χ3n) is 3.73. The van der Waals surface area contributed by atoms with Gasteiger partial charge in [0, 0.05) is 5.92 Å². The number of hydrogen-bond donors (Lipinski definition) is 4. The van der Waals surface area contributed by atoms with E-state index >= 15 is 0 Å². The Balaban J connectivity index is 2.42. The van der Waals surface area contributed by atoms with Crippen molar-refractivity contribution in [1.82, 2.24) is 0 Å². The summed E-state index contributed by atoms with van der Waals surface area (Å²) in [6.45, 7) is -0.724. The van der Waals surface area contributed by atoms with Crippen LogP contribution in [0, 0.1) is 11.6 Å². The molecule has 4 N–H and O–H groups in total. The first-order chi connectivity index (χ1) is 10.9. The van der Waals surface area contributed by atoms with E-state index in [1.807, 2.05) is 0 Å². The number of hydrogen-bond acceptors (Lipinski definition) is 4. The van der Waals surface area contributed by atoms with Crippen LogP contribution in [0.2, 0.25) is 0 Å². The molecule has 0 saturated carbocycles. The second-order valence-corrected chi connectivity index (χ2v) is 5.31. The molecule has 23 heavy (non-hydrogen) atoms. The molecule has 0 radical (unpaired) electrons. The fourth-order valence-corrected chi connectivity index (χ4v) is 2.46. The van der Waals surface area contributed by atoms with E-state index in [0.717, 1.165) is 0 Å². The van der Waals surface area contributed by atoms with Crippen LogP contribution in [0.15, 0.2) is 48.5 Å². The number of benzene rings is 2. The van der Waals surface area contributed by atoms with Crippen LogP contribution in [0.3, 0.4) is 0 Å². The van der Waals surface area contributed by atoms with Gasteiger partial charge in [-0.05, 0) is 35.4 Å². The highest BCUT2D eigenvalue weighted by molar-refractivity contribution is 5.34. The zero-order valence-corrected chi connectivity index (χ0v) is 12.2. The van der Waals surface area contributed by atoms with E-state index in [-0.39, 0.29) is 0 Å². The van der Waals surface area contributed by atoms with Gasteiger partial charge in [0.1, 0.15) is 23.8 Å². The average Bonchev–Trinajstić information content (AvgIpc) is 2.57. The molecule has 0 fully saturated rings. The van der Waals surface area contributed by atoms with Crippen molar-refractivity contribution in [3.63, 3.8) is 0 Å². The number of aliphatic hydroxyl groups is 4. The van der Waals surface area contributed by atoms with E-state index in [1.54, 1.807) is 0 Å². The van der Waals surface area contributed by atoms with Crippen LogP contribution in [0.5, 0.6) is 0 Å². The van der Waals surface area contributed by atoms with E-state index in [9.17, 15) is 24.1 Å². The highest BCUT2D eigenvalue weighted by Crippen LogP contribution is 2.31. The van der Waals surface area contributed by atoms with Crippen LogP contribution in [0.25, 0.3) is 0 Å². The molecule has 0 spiro atoms. The van der Waals surface area contributed by atoms with Crippen molar-refractivity contribution >= 4 is 0 Å². The van der Waals surface area contributed by atoms with Crippen molar-refractivity contribution in [3.8, 4) is 0 Å². The molecule has 4 nitrogen and oxygen atoms in total. The molecule has 124 valence electrons. The molecule has 0 amide bonds. The molecule has 2 aromatic carbocycles. The van der Waals surface area contributed by atoms with Crippen LogP contribution >= 0.6 is 0 Å². The van der Waals surface area contributed by atoms with Gasteiger partial charge in [-0.1, -0.05) is 24.3 Å². The average molecular weight is 324 g/mol. The highest BCUT2D eigenvalue weighted by Gasteiger charge is 2.33. The molecule has 3 unspecified atom stereocenters. The SMILES string of the molecule is OCC(O)C(O)C(O)C(c1ccc(F)cc1)c1ccc(F)cc1. The van der Waals surface area contributed by atoms with Gasteiger partial charge in [0.05, 0.1) is 12.7 Å². The summed E-state index contributed by atoms with van der Waals surface area (Å²) < 4.78 is 26.2. The molecular weight excluding hydrogens is 306 g/mol. The second kappa shape index (κ2) is 7.61. The molecule has 6 heteroatoms. The number of halogens is 2. The Morgan fingerprint density at radius 1 is 0.696 bits per heavy atom. The summed E-state index contributed by atoms with van der Waals surface area (Å²) in [5.41, 5.74) is 0.962. The summed E-state index contributed by atoms with van der Waals surface area (Å²) in [6.07, 6.45) is -4.64. The molecule has 0 heterocycles. The second-order valence-electron chi connectivity index (χ2n) is 5.31. The fraction of sp³-hybridized carbons (Fsp3) is 0.294. The van der Waals surface area contributed by atoms with Gasteiger partial charge in [0.15, 0.2) is 0 Å². The minimum atomic E-state index is -1.62. The predicted octanol–water partition coefficient (Wildman–Crippen LogP) is 1.17. The molecular formula is C17H18F2O4. The van der Waals surface area contributed by atoms with Gasteiger partial charge < -0.3 is 20.4 Å². The number of aliphatic hydroxyl groups excluding tert-OH is 4. The maximum Gasteiger partial charge on any atom is 0.123 e. The molecule has 0 aromatic heterocycles. The van der Waals surface area contributed by atoms with Crippen LogP contribution in [-0.4, -0.2) is 45.3 Å². The molecule has 0 aliphatic carbocycles. The Morgan fingerprint density at radius 2 is 1.09 bits per heavy atom. The Morgan fingerprint density at radius 3 is 1.43 bits per heavy atom. The smallest absolute Gasteiger partial charge is 0.123 e. The van der Waals surface area contributed by atoms with Crippen molar-refractivity contribution in [2.45, 2.75) is 24.2 Å². The summed E-state index contributed by atoms with van der Waals surface area (Å²) in [4.78, 5) is 0. The molecule has 0 saturated heterocycles. The zero-order chi connectivity index (χ0) is 17.0. The normalized spacial score (nSPS) is 15.4. The van der Waals surface area contributed by atoms with Gasteiger partial charge in [-0.15, -0.1) is 0 Å². The van der Waals surface area contributed by atoms with E-state index in [4.69, 9.17) is 5.11 Å². The topological polar surface area (TPSA) is 80.9 Å². The maximum atomic E-state index is 13.1. The van der Waals surface area contributed by atoms with E-state index in [2.05, 4.69) is 0 Å². The van der Waals surface area contributed by atoms with Crippen molar-refractivity contribution in [2.75, 3.05) is 6.61 Å². The highest BCUT2D eigenvalue weighted by atomic mass is 19.1. The monoisotopic (exact) mass is 324 g/mol. The van der Waals surface area contributed by atoms with Crippen molar-refractivity contribution < 1.29 is 29.2 Å². The summed E-state index contributed by atoms with van der Waals surface area (Å²) in [6, 6.07) is 10.5. The van der Waals surface area contributed by atoms with Crippen LogP contribution in [0.4, 0.5) is 8.78 Å². The molecule has 0 bridgehead atoms. The first-order valence-corrected chi connectivity index (χ1v) is 7.10. The lowest BCUT2D eigenvalue weighted by Crippen LogP contribution is -2.43. The van der Waals surface area contributed by atoms with Gasteiger partial charge in [-0.25, -0.2) is 8.78 Å². The van der Waals surface area contributed by atoms with Crippen LogP contribution in [-0.2, 0) is 0 Å². The standard InChI is InChI=1S/C17H18F2O4/c18-12-5-1-10(2-6-12)15(11-3-7-13(19)8-4-11)17(23)16(22)14(21)9-20/h1-8,14-17,20-23H,9H2. The minimum absolute atomic E-state index is 0.461. The van der Waals surface area contributed by atoms with Crippen molar-refractivity contribution in [1.29, 1.82) is 0 Å². The fourth-order valence-electron chi connectivity index (χ4n) is 2.46. The summed E-state index contributed by atoms with van der Waals surface area (Å²) in [5.74, 6) is -1.75. The molecule has 2 rings (SSSR count). The van der Waals surface area contributed by atoms with Crippen molar-refractivity contribution in [3.05, 3.63) is 71.3 Å². The minimum Gasteiger partial charge on any atom is -0.394 e. The van der Waals surface area contributed by atoms with Crippen molar-refractivity contribution in [2.24, 2.45) is 0 Å². The molecule has 0 aliphatic heterocycles. The van der Waals surface area contributed by atoms with Gasteiger partial charge >= 0.3 is 0 Å². The van der Waals surface area contributed by atoms with E-state index in [0.29, 0.717) is 11.1 Å². The Hall–Kier alpha value is -1.86.